The molecule has 0 saturated carbocycles. The fourth-order valence-electron chi connectivity index (χ4n) is 1.47. The summed E-state index contributed by atoms with van der Waals surface area (Å²) in [5.74, 6) is 0. The van der Waals surface area contributed by atoms with Gasteiger partial charge in [-0.15, -0.1) is 0 Å². The lowest BCUT2D eigenvalue weighted by molar-refractivity contribution is 0.117. The second kappa shape index (κ2) is 4.64. The van der Waals surface area contributed by atoms with E-state index in [1.807, 2.05) is 36.4 Å². The van der Waals surface area contributed by atoms with Crippen molar-refractivity contribution >= 4 is 5.71 Å². The minimum absolute atomic E-state index is 0.000145. The maximum Gasteiger partial charge on any atom is 0.154 e. The van der Waals surface area contributed by atoms with Gasteiger partial charge in [-0.05, 0) is 11.6 Å². The molecule has 3 nitrogen and oxygen atoms in total. The summed E-state index contributed by atoms with van der Waals surface area (Å²) in [4.78, 5) is 5.24. The molecule has 0 amide bonds. The van der Waals surface area contributed by atoms with Crippen molar-refractivity contribution < 1.29 is 9.57 Å². The van der Waals surface area contributed by atoms with Crippen LogP contribution in [0.5, 0.6) is 0 Å². The van der Waals surface area contributed by atoms with Crippen molar-refractivity contribution in [2.75, 3.05) is 7.11 Å². The van der Waals surface area contributed by atoms with Gasteiger partial charge in [0.2, 0.25) is 0 Å². The van der Waals surface area contributed by atoms with E-state index in [0.29, 0.717) is 0 Å². The molecule has 0 N–H and O–H groups in total. The molecule has 0 spiro atoms. The van der Waals surface area contributed by atoms with Crippen molar-refractivity contribution in [2.45, 2.75) is 12.5 Å². The van der Waals surface area contributed by atoms with Gasteiger partial charge in [0, 0.05) is 6.42 Å². The highest BCUT2D eigenvalue weighted by Crippen LogP contribution is 2.17. The largest absolute Gasteiger partial charge is 0.505 e. The van der Waals surface area contributed by atoms with E-state index < -0.39 is 0 Å². The van der Waals surface area contributed by atoms with Crippen molar-refractivity contribution in [1.29, 1.82) is 0 Å². The molecule has 1 aliphatic rings. The zero-order valence-electron chi connectivity index (χ0n) is 8.59. The molecular weight excluding hydrogens is 190 g/mol. The Morgan fingerprint density at radius 2 is 2.20 bits per heavy atom. The lowest BCUT2D eigenvalue weighted by Crippen LogP contribution is -2.04. The molecule has 1 aromatic carbocycles. The topological polar surface area (TPSA) is 30.8 Å². The molecule has 1 heterocycles. The Kier molecular flexibility index (Phi) is 3.02. The van der Waals surface area contributed by atoms with Gasteiger partial charge in [-0.2, -0.15) is 0 Å². The molecule has 0 aromatic heterocycles. The second-order valence-corrected chi connectivity index (χ2v) is 3.32. The van der Waals surface area contributed by atoms with E-state index >= 15 is 0 Å². The van der Waals surface area contributed by atoms with Crippen molar-refractivity contribution in [1.82, 2.24) is 0 Å². The van der Waals surface area contributed by atoms with Crippen LogP contribution >= 0.6 is 0 Å². The van der Waals surface area contributed by atoms with E-state index in [2.05, 4.69) is 5.16 Å². The normalized spacial score (nSPS) is 20.1. The van der Waals surface area contributed by atoms with E-state index in [1.165, 1.54) is 0 Å². The average Bonchev–Trinajstić information content (AvgIpc) is 2.76. The number of hydrogen-bond acceptors (Lipinski definition) is 3. The molecular formula is C12H13NO2. The fraction of sp³-hybridized carbons (Fsp3) is 0.250. The number of hydrogen-bond donors (Lipinski definition) is 0. The van der Waals surface area contributed by atoms with Crippen LogP contribution < -0.4 is 0 Å². The van der Waals surface area contributed by atoms with Crippen LogP contribution in [0.1, 0.15) is 12.0 Å². The molecule has 0 bridgehead atoms. The Morgan fingerprint density at radius 3 is 2.93 bits per heavy atom. The van der Waals surface area contributed by atoms with Crippen molar-refractivity contribution in [3.8, 4) is 0 Å². The van der Waals surface area contributed by atoms with E-state index in [-0.39, 0.29) is 6.10 Å². The number of nitrogens with zero attached hydrogens (tertiary/aromatic N) is 1. The van der Waals surface area contributed by atoms with Crippen molar-refractivity contribution in [3.05, 3.63) is 48.2 Å². The average molecular weight is 203 g/mol. The molecule has 0 fully saturated rings. The van der Waals surface area contributed by atoms with Gasteiger partial charge < -0.3 is 9.57 Å². The minimum Gasteiger partial charge on any atom is -0.505 e. The smallest absolute Gasteiger partial charge is 0.154 e. The van der Waals surface area contributed by atoms with E-state index in [9.17, 15) is 0 Å². The predicted molar refractivity (Wildman–Crippen MR) is 58.6 cm³/mol. The maximum absolute atomic E-state index is 5.24. The zero-order chi connectivity index (χ0) is 10.5. The molecule has 15 heavy (non-hydrogen) atoms. The highest BCUT2D eigenvalue weighted by Gasteiger charge is 2.19. The summed E-state index contributed by atoms with van der Waals surface area (Å²) >= 11 is 0. The second-order valence-electron chi connectivity index (χ2n) is 3.32. The Hall–Kier alpha value is -1.77. The summed E-state index contributed by atoms with van der Waals surface area (Å²) < 4.78 is 4.83. The Labute approximate surface area is 89.0 Å². The first-order chi connectivity index (χ1) is 7.40. The van der Waals surface area contributed by atoms with Crippen LogP contribution in [0, 0.1) is 0 Å². The number of oxime groups is 1. The quantitative estimate of drug-likeness (QED) is 0.706. The number of methoxy groups -OCH3 is 1. The van der Waals surface area contributed by atoms with Crippen LogP contribution in [0.4, 0.5) is 0 Å². The predicted octanol–water partition coefficient (Wildman–Crippen LogP) is 2.34. The molecule has 0 unspecified atom stereocenters. The van der Waals surface area contributed by atoms with E-state index in [0.717, 1.165) is 17.7 Å². The highest BCUT2D eigenvalue weighted by molar-refractivity contribution is 6.01. The molecule has 78 valence electrons. The van der Waals surface area contributed by atoms with E-state index in [4.69, 9.17) is 9.57 Å². The van der Waals surface area contributed by atoms with Crippen molar-refractivity contribution in [3.63, 3.8) is 0 Å². The molecule has 1 aromatic rings. The summed E-state index contributed by atoms with van der Waals surface area (Å²) in [6.07, 6.45) is 4.28. The lowest BCUT2D eigenvalue weighted by atomic mass is 10.1. The van der Waals surface area contributed by atoms with Gasteiger partial charge in [-0.3, -0.25) is 0 Å². The summed E-state index contributed by atoms with van der Waals surface area (Å²) in [6, 6.07) is 10.0. The summed E-state index contributed by atoms with van der Waals surface area (Å²) in [7, 11) is 1.62. The van der Waals surface area contributed by atoms with Crippen LogP contribution in [0.3, 0.4) is 0 Å². The number of ether oxygens (including phenoxy) is 1. The van der Waals surface area contributed by atoms with Gasteiger partial charge in [-0.25, -0.2) is 0 Å². The zero-order valence-corrected chi connectivity index (χ0v) is 8.59. The maximum atomic E-state index is 5.24. The van der Waals surface area contributed by atoms with Crippen LogP contribution in [-0.2, 0) is 9.57 Å². The summed E-state index contributed by atoms with van der Waals surface area (Å²) in [6.45, 7) is 0. The molecule has 3 heteroatoms. The summed E-state index contributed by atoms with van der Waals surface area (Å²) in [5, 5.41) is 4.05. The molecule has 0 radical (unpaired) electrons. The number of benzene rings is 1. The SMILES string of the molecule is CO/C=C\[C@@H]1CC(c2ccccc2)=NO1. The van der Waals surface area contributed by atoms with Crippen LogP contribution in [-0.4, -0.2) is 18.9 Å². The van der Waals surface area contributed by atoms with Crippen LogP contribution in [0.2, 0.25) is 0 Å². The standard InChI is InChI=1S/C12H13NO2/c1-14-8-7-11-9-12(13-15-11)10-5-3-2-4-6-10/h2-8,11H,9H2,1H3/b8-7-/t11-/m1/s1. The van der Waals surface area contributed by atoms with Crippen LogP contribution in [0.15, 0.2) is 47.8 Å². The van der Waals surface area contributed by atoms with Gasteiger partial charge >= 0.3 is 0 Å². The fourth-order valence-corrected chi connectivity index (χ4v) is 1.47. The number of rotatable bonds is 3. The van der Waals surface area contributed by atoms with Gasteiger partial charge in [0.05, 0.1) is 19.1 Å². The van der Waals surface area contributed by atoms with Gasteiger partial charge in [0.1, 0.15) is 0 Å². The first-order valence-corrected chi connectivity index (χ1v) is 4.87. The first kappa shape index (κ1) is 9.77. The van der Waals surface area contributed by atoms with Gasteiger partial charge in [0.15, 0.2) is 6.10 Å². The Morgan fingerprint density at radius 1 is 1.40 bits per heavy atom. The third kappa shape index (κ3) is 2.37. The first-order valence-electron chi connectivity index (χ1n) is 4.87. The van der Waals surface area contributed by atoms with Gasteiger partial charge in [-0.1, -0.05) is 35.5 Å². The molecule has 0 aliphatic carbocycles. The highest BCUT2D eigenvalue weighted by atomic mass is 16.6. The van der Waals surface area contributed by atoms with Gasteiger partial charge in [0.25, 0.3) is 0 Å². The van der Waals surface area contributed by atoms with Crippen LogP contribution in [0.25, 0.3) is 0 Å². The molecule has 1 atom stereocenters. The minimum atomic E-state index is 0.000145. The molecule has 0 saturated heterocycles. The van der Waals surface area contributed by atoms with E-state index in [1.54, 1.807) is 13.4 Å². The Bertz CT molecular complexity index is 370. The van der Waals surface area contributed by atoms with Crippen molar-refractivity contribution in [2.24, 2.45) is 5.16 Å². The monoisotopic (exact) mass is 203 g/mol. The third-order valence-electron chi connectivity index (χ3n) is 2.23. The Balaban J connectivity index is 2.01. The third-order valence-corrected chi connectivity index (χ3v) is 2.23. The molecule has 2 rings (SSSR count). The molecule has 1 aliphatic heterocycles. The summed E-state index contributed by atoms with van der Waals surface area (Å²) in [5.41, 5.74) is 2.10. The lowest BCUT2D eigenvalue weighted by Gasteiger charge is -2.00.